The SMILES string of the molecule is O=[N+]([O-])c1cc([N+](=O)[O-])c([C@H](Cl)[C@H](Cl)c2ccccc2)cc1[C@@H](Cl)[C@H](Cl)c1ccccc1. The molecule has 0 heterocycles. The van der Waals surface area contributed by atoms with Crippen molar-refractivity contribution in [3.8, 4) is 0 Å². The molecule has 6 nitrogen and oxygen atoms in total. The second kappa shape index (κ2) is 10.5. The van der Waals surface area contributed by atoms with Crippen LogP contribution in [0.5, 0.6) is 0 Å². The molecule has 0 amide bonds. The molecule has 3 aromatic rings. The Hall–Kier alpha value is -2.38. The van der Waals surface area contributed by atoms with Gasteiger partial charge in [-0.15, -0.1) is 46.4 Å². The molecule has 0 unspecified atom stereocenters. The van der Waals surface area contributed by atoms with E-state index in [1.54, 1.807) is 60.7 Å². The molecule has 32 heavy (non-hydrogen) atoms. The van der Waals surface area contributed by atoms with Crippen molar-refractivity contribution in [1.82, 2.24) is 0 Å². The molecule has 3 rings (SSSR count). The number of hydrogen-bond acceptors (Lipinski definition) is 4. The van der Waals surface area contributed by atoms with Crippen LogP contribution in [0.25, 0.3) is 0 Å². The number of nitro benzene ring substituents is 2. The summed E-state index contributed by atoms with van der Waals surface area (Å²) in [5, 5.41) is 19.6. The molecule has 0 aliphatic rings. The summed E-state index contributed by atoms with van der Waals surface area (Å²) in [6, 6.07) is 19.7. The predicted octanol–water partition coefficient (Wildman–Crippen LogP) is 8.02. The fraction of sp³-hybridized carbons (Fsp3) is 0.182. The third-order valence-electron chi connectivity index (χ3n) is 4.91. The van der Waals surface area contributed by atoms with Gasteiger partial charge in [0.2, 0.25) is 0 Å². The van der Waals surface area contributed by atoms with E-state index in [0.29, 0.717) is 11.1 Å². The number of rotatable bonds is 8. The predicted molar refractivity (Wildman–Crippen MR) is 127 cm³/mol. The number of halogens is 4. The van der Waals surface area contributed by atoms with E-state index < -0.39 is 42.7 Å². The van der Waals surface area contributed by atoms with E-state index in [2.05, 4.69) is 0 Å². The van der Waals surface area contributed by atoms with E-state index in [0.717, 1.165) is 6.07 Å². The van der Waals surface area contributed by atoms with Crippen molar-refractivity contribution >= 4 is 57.8 Å². The maximum atomic E-state index is 11.7. The van der Waals surface area contributed by atoms with Gasteiger partial charge in [-0.05, 0) is 17.2 Å². The molecule has 0 saturated carbocycles. The molecule has 0 aliphatic carbocycles. The zero-order valence-electron chi connectivity index (χ0n) is 16.3. The summed E-state index contributed by atoms with van der Waals surface area (Å²) in [5.74, 6) is 0. The summed E-state index contributed by atoms with van der Waals surface area (Å²) in [4.78, 5) is 22.0. The van der Waals surface area contributed by atoms with Crippen molar-refractivity contribution in [1.29, 1.82) is 0 Å². The minimum atomic E-state index is -1.06. The van der Waals surface area contributed by atoms with Gasteiger partial charge in [0.15, 0.2) is 0 Å². The lowest BCUT2D eigenvalue weighted by Gasteiger charge is -2.21. The van der Waals surface area contributed by atoms with Gasteiger partial charge in [-0.1, -0.05) is 60.7 Å². The minimum absolute atomic E-state index is 0.0173. The Morgan fingerprint density at radius 1 is 0.562 bits per heavy atom. The van der Waals surface area contributed by atoms with E-state index in [1.807, 2.05) is 0 Å². The van der Waals surface area contributed by atoms with E-state index in [-0.39, 0.29) is 11.1 Å². The van der Waals surface area contributed by atoms with Gasteiger partial charge in [0.1, 0.15) is 0 Å². The molecule has 0 radical (unpaired) electrons. The third-order valence-corrected chi connectivity index (χ3v) is 7.15. The van der Waals surface area contributed by atoms with Gasteiger partial charge in [0.05, 0.1) is 48.5 Å². The molecule has 0 fully saturated rings. The normalized spacial score (nSPS) is 14.9. The average molecular weight is 514 g/mol. The fourth-order valence-corrected chi connectivity index (χ4v) is 4.50. The second-order valence-corrected chi connectivity index (χ2v) is 8.79. The molecule has 166 valence electrons. The van der Waals surface area contributed by atoms with Gasteiger partial charge in [0, 0.05) is 0 Å². The number of hydrogen-bond donors (Lipinski definition) is 0. The first-order valence-electron chi connectivity index (χ1n) is 9.35. The Labute approximate surface area is 204 Å². The first-order valence-corrected chi connectivity index (χ1v) is 11.1. The monoisotopic (exact) mass is 512 g/mol. The zero-order chi connectivity index (χ0) is 23.4. The molecule has 0 aliphatic heterocycles. The van der Waals surface area contributed by atoms with Gasteiger partial charge in [-0.25, -0.2) is 0 Å². The fourth-order valence-electron chi connectivity index (χ4n) is 3.30. The first kappa shape index (κ1) is 24.3. The summed E-state index contributed by atoms with van der Waals surface area (Å²) < 4.78 is 0. The van der Waals surface area contributed by atoms with Gasteiger partial charge in [-0.2, -0.15) is 0 Å². The standard InChI is InChI=1S/C22H16Cl4N2O4/c23-19(13-7-3-1-4-8-13)21(25)15-11-16(18(28(31)32)12-17(15)27(29)30)22(26)20(24)14-9-5-2-6-10-14/h1-12,19-22H/t19-,20-,21-,22+/m1/s1. The molecule has 3 aromatic carbocycles. The van der Waals surface area contributed by atoms with E-state index in [4.69, 9.17) is 46.4 Å². The van der Waals surface area contributed by atoms with Crippen LogP contribution in [-0.2, 0) is 0 Å². The molecule has 0 N–H and O–H groups in total. The third kappa shape index (κ3) is 5.15. The Bertz CT molecular complexity index is 1030. The maximum absolute atomic E-state index is 11.7. The second-order valence-electron chi connectivity index (χ2n) is 6.91. The molecule has 4 atom stereocenters. The van der Waals surface area contributed by atoms with Crippen molar-refractivity contribution in [2.45, 2.75) is 21.5 Å². The lowest BCUT2D eigenvalue weighted by atomic mass is 9.95. The highest BCUT2D eigenvalue weighted by Crippen LogP contribution is 2.49. The average Bonchev–Trinajstić information content (AvgIpc) is 2.82. The van der Waals surface area contributed by atoms with Crippen molar-refractivity contribution in [3.05, 3.63) is 115 Å². The molecule has 0 spiro atoms. The van der Waals surface area contributed by atoms with Crippen molar-refractivity contribution in [2.75, 3.05) is 0 Å². The highest BCUT2D eigenvalue weighted by atomic mass is 35.5. The Morgan fingerprint density at radius 3 is 1.22 bits per heavy atom. The lowest BCUT2D eigenvalue weighted by molar-refractivity contribution is -0.395. The number of alkyl halides is 4. The Balaban J connectivity index is 2.13. The zero-order valence-corrected chi connectivity index (χ0v) is 19.3. The molecule has 0 saturated heterocycles. The molecule has 0 aromatic heterocycles. The van der Waals surface area contributed by atoms with Crippen LogP contribution in [0.3, 0.4) is 0 Å². The van der Waals surface area contributed by atoms with Crippen LogP contribution in [0.1, 0.15) is 43.8 Å². The quantitative estimate of drug-likeness (QED) is 0.173. The smallest absolute Gasteiger partial charge is 0.258 e. The van der Waals surface area contributed by atoms with Crippen LogP contribution in [0.15, 0.2) is 72.8 Å². The highest BCUT2D eigenvalue weighted by Gasteiger charge is 2.35. The largest absolute Gasteiger partial charge is 0.281 e. The van der Waals surface area contributed by atoms with E-state index in [1.165, 1.54) is 6.07 Å². The van der Waals surface area contributed by atoms with Crippen LogP contribution in [0, 0.1) is 20.2 Å². The topological polar surface area (TPSA) is 86.3 Å². The van der Waals surface area contributed by atoms with Crippen LogP contribution in [0.2, 0.25) is 0 Å². The molecular formula is C22H16Cl4N2O4. The van der Waals surface area contributed by atoms with E-state index >= 15 is 0 Å². The Morgan fingerprint density at radius 2 is 0.906 bits per heavy atom. The van der Waals surface area contributed by atoms with Crippen LogP contribution in [0.4, 0.5) is 11.4 Å². The maximum Gasteiger partial charge on any atom is 0.281 e. The molecular weight excluding hydrogens is 498 g/mol. The van der Waals surface area contributed by atoms with Gasteiger partial charge >= 0.3 is 0 Å². The van der Waals surface area contributed by atoms with Crippen LogP contribution >= 0.6 is 46.4 Å². The van der Waals surface area contributed by atoms with Crippen molar-refractivity contribution in [2.24, 2.45) is 0 Å². The van der Waals surface area contributed by atoms with Gasteiger partial charge in [-0.3, -0.25) is 20.2 Å². The summed E-state index contributed by atoms with van der Waals surface area (Å²) in [6.45, 7) is 0. The highest BCUT2D eigenvalue weighted by molar-refractivity contribution is 6.31. The Kier molecular flexibility index (Phi) is 7.96. The number of nitro groups is 2. The summed E-state index contributed by atoms with van der Waals surface area (Å²) in [5.41, 5.74) is 0.288. The summed E-state index contributed by atoms with van der Waals surface area (Å²) >= 11 is 26.2. The minimum Gasteiger partial charge on any atom is -0.258 e. The number of benzene rings is 3. The molecule has 10 heteroatoms. The molecule has 0 bridgehead atoms. The van der Waals surface area contributed by atoms with Crippen LogP contribution in [-0.4, -0.2) is 9.85 Å². The first-order chi connectivity index (χ1) is 15.2. The van der Waals surface area contributed by atoms with Crippen molar-refractivity contribution in [3.63, 3.8) is 0 Å². The summed E-state index contributed by atoms with van der Waals surface area (Å²) in [7, 11) is 0. The van der Waals surface area contributed by atoms with Gasteiger partial charge < -0.3 is 0 Å². The van der Waals surface area contributed by atoms with Crippen molar-refractivity contribution < 1.29 is 9.85 Å². The van der Waals surface area contributed by atoms with Gasteiger partial charge in [0.25, 0.3) is 11.4 Å². The van der Waals surface area contributed by atoms with E-state index in [9.17, 15) is 20.2 Å². The summed E-state index contributed by atoms with van der Waals surface area (Å²) in [6.07, 6.45) is 0. The lowest BCUT2D eigenvalue weighted by Crippen LogP contribution is -2.09. The number of nitrogens with zero attached hydrogens (tertiary/aromatic N) is 2. The van der Waals surface area contributed by atoms with Crippen LogP contribution < -0.4 is 0 Å².